The Labute approximate surface area is 171 Å². The fourth-order valence-electron chi connectivity index (χ4n) is 3.79. The molecule has 0 unspecified atom stereocenters. The second-order valence-electron chi connectivity index (χ2n) is 7.27. The summed E-state index contributed by atoms with van der Waals surface area (Å²) in [7, 11) is 0. The number of hydrogen-bond acceptors (Lipinski definition) is 4. The minimum absolute atomic E-state index is 0.180. The molecule has 1 atom stereocenters. The highest BCUT2D eigenvalue weighted by atomic mass is 16.5. The molecule has 0 spiro atoms. The Bertz CT molecular complexity index is 954. The summed E-state index contributed by atoms with van der Waals surface area (Å²) in [6.07, 6.45) is 4.06. The lowest BCUT2D eigenvalue weighted by molar-refractivity contribution is -0.130. The third-order valence-corrected chi connectivity index (χ3v) is 5.35. The van der Waals surface area contributed by atoms with E-state index in [-0.39, 0.29) is 11.9 Å². The molecule has 2 aromatic carbocycles. The van der Waals surface area contributed by atoms with Crippen LogP contribution < -0.4 is 4.74 Å². The number of rotatable bonds is 7. The van der Waals surface area contributed by atoms with Crippen LogP contribution in [0.1, 0.15) is 31.4 Å². The summed E-state index contributed by atoms with van der Waals surface area (Å²) in [4.78, 5) is 14.7. The Morgan fingerprint density at radius 2 is 1.93 bits per heavy atom. The van der Waals surface area contributed by atoms with Crippen molar-refractivity contribution >= 4 is 5.91 Å². The summed E-state index contributed by atoms with van der Waals surface area (Å²) in [5, 5.41) is 8.61. The minimum Gasteiger partial charge on any atom is -0.494 e. The predicted molar refractivity (Wildman–Crippen MR) is 112 cm³/mol. The largest absolute Gasteiger partial charge is 0.494 e. The van der Waals surface area contributed by atoms with Crippen LogP contribution in [0.25, 0.3) is 11.3 Å². The van der Waals surface area contributed by atoms with E-state index in [0.717, 1.165) is 35.5 Å². The second-order valence-corrected chi connectivity index (χ2v) is 7.27. The van der Waals surface area contributed by atoms with Gasteiger partial charge in [0, 0.05) is 25.1 Å². The van der Waals surface area contributed by atoms with Gasteiger partial charge in [-0.1, -0.05) is 53.7 Å². The van der Waals surface area contributed by atoms with Crippen LogP contribution >= 0.6 is 0 Å². The quantitative estimate of drug-likeness (QED) is 0.616. The third kappa shape index (κ3) is 4.47. The van der Waals surface area contributed by atoms with Gasteiger partial charge in [0.05, 0.1) is 18.8 Å². The molecule has 1 aliphatic heterocycles. The van der Waals surface area contributed by atoms with Crippen molar-refractivity contribution < 1.29 is 9.53 Å². The van der Waals surface area contributed by atoms with Gasteiger partial charge >= 0.3 is 0 Å². The smallest absolute Gasteiger partial charge is 0.222 e. The predicted octanol–water partition coefficient (Wildman–Crippen LogP) is 3.75. The van der Waals surface area contributed by atoms with Gasteiger partial charge in [-0.3, -0.25) is 4.79 Å². The number of benzene rings is 2. The number of amides is 1. The molecule has 150 valence electrons. The lowest BCUT2D eigenvalue weighted by atomic mass is 10.1. The van der Waals surface area contributed by atoms with E-state index in [4.69, 9.17) is 4.74 Å². The van der Waals surface area contributed by atoms with Gasteiger partial charge < -0.3 is 9.64 Å². The molecule has 0 N–H and O–H groups in total. The summed E-state index contributed by atoms with van der Waals surface area (Å²) < 4.78 is 7.57. The van der Waals surface area contributed by atoms with Crippen LogP contribution in [-0.4, -0.2) is 45.5 Å². The van der Waals surface area contributed by atoms with Crippen molar-refractivity contribution in [2.24, 2.45) is 0 Å². The van der Waals surface area contributed by atoms with E-state index < -0.39 is 0 Å². The van der Waals surface area contributed by atoms with Crippen LogP contribution in [-0.2, 0) is 11.2 Å². The van der Waals surface area contributed by atoms with E-state index in [1.165, 1.54) is 0 Å². The van der Waals surface area contributed by atoms with Crippen LogP contribution in [0.4, 0.5) is 0 Å². The van der Waals surface area contributed by atoms with E-state index in [1.807, 2.05) is 77.3 Å². The number of carbonyl (C=O) groups excluding carboxylic acids is 1. The van der Waals surface area contributed by atoms with Crippen molar-refractivity contribution in [2.45, 2.75) is 32.2 Å². The molecule has 0 saturated carbocycles. The van der Waals surface area contributed by atoms with Crippen molar-refractivity contribution in [3.05, 3.63) is 66.4 Å². The van der Waals surface area contributed by atoms with Crippen LogP contribution in [0.15, 0.2) is 60.8 Å². The number of hydrogen-bond donors (Lipinski definition) is 0. The molecule has 4 rings (SSSR count). The molecule has 1 amide bonds. The topological polar surface area (TPSA) is 60.2 Å². The highest BCUT2D eigenvalue weighted by molar-refractivity contribution is 5.77. The normalized spacial score (nSPS) is 16.2. The fraction of sp³-hybridized carbons (Fsp3) is 0.348. The Morgan fingerprint density at radius 3 is 2.76 bits per heavy atom. The molecule has 29 heavy (non-hydrogen) atoms. The minimum atomic E-state index is 0.180. The molecule has 3 aromatic rings. The molecular weight excluding hydrogens is 364 g/mol. The van der Waals surface area contributed by atoms with Gasteiger partial charge in [-0.05, 0) is 31.4 Å². The maximum atomic E-state index is 12.7. The molecule has 1 aliphatic rings. The van der Waals surface area contributed by atoms with Crippen molar-refractivity contribution in [3.8, 4) is 17.0 Å². The molecule has 0 aliphatic carbocycles. The number of carbonyl (C=O) groups is 1. The average molecular weight is 390 g/mol. The molecule has 1 fully saturated rings. The van der Waals surface area contributed by atoms with Crippen molar-refractivity contribution in [1.82, 2.24) is 19.9 Å². The first-order valence-corrected chi connectivity index (χ1v) is 10.2. The number of ether oxygens (including phenoxy) is 1. The van der Waals surface area contributed by atoms with Crippen LogP contribution in [0.2, 0.25) is 0 Å². The number of para-hydroxylation sites is 1. The molecule has 6 nitrogen and oxygen atoms in total. The molecule has 1 saturated heterocycles. The lowest BCUT2D eigenvalue weighted by Gasteiger charge is -2.17. The van der Waals surface area contributed by atoms with Crippen LogP contribution in [0.3, 0.4) is 0 Å². The number of nitrogens with zero attached hydrogens (tertiary/aromatic N) is 4. The van der Waals surface area contributed by atoms with Crippen molar-refractivity contribution in [1.29, 1.82) is 0 Å². The maximum absolute atomic E-state index is 12.7. The Balaban J connectivity index is 1.34. The summed E-state index contributed by atoms with van der Waals surface area (Å²) >= 11 is 0. The van der Waals surface area contributed by atoms with Crippen molar-refractivity contribution in [2.75, 3.05) is 19.7 Å². The Kier molecular flexibility index (Phi) is 5.89. The van der Waals surface area contributed by atoms with Crippen LogP contribution in [0.5, 0.6) is 5.75 Å². The molecule has 1 aromatic heterocycles. The third-order valence-electron chi connectivity index (χ3n) is 5.35. The number of aryl methyl sites for hydroxylation is 1. The van der Waals surface area contributed by atoms with E-state index >= 15 is 0 Å². The molecular formula is C23H26N4O2. The number of aromatic nitrogens is 3. The van der Waals surface area contributed by atoms with Gasteiger partial charge in [-0.2, -0.15) is 0 Å². The van der Waals surface area contributed by atoms with Gasteiger partial charge in [0.15, 0.2) is 0 Å². The maximum Gasteiger partial charge on any atom is 0.222 e. The fourth-order valence-corrected chi connectivity index (χ4v) is 3.79. The van der Waals surface area contributed by atoms with E-state index in [1.54, 1.807) is 0 Å². The zero-order chi connectivity index (χ0) is 20.1. The zero-order valence-electron chi connectivity index (χ0n) is 16.7. The van der Waals surface area contributed by atoms with Gasteiger partial charge in [-0.25, -0.2) is 4.68 Å². The second kappa shape index (κ2) is 8.90. The molecule has 6 heteroatoms. The summed E-state index contributed by atoms with van der Waals surface area (Å²) in [6.45, 7) is 4.04. The monoisotopic (exact) mass is 390 g/mol. The van der Waals surface area contributed by atoms with Gasteiger partial charge in [-0.15, -0.1) is 5.10 Å². The van der Waals surface area contributed by atoms with E-state index in [0.29, 0.717) is 26.0 Å². The average Bonchev–Trinajstić information content (AvgIpc) is 3.44. The SMILES string of the molecule is CCOc1ccccc1CCC(=O)N1CC[C@@H](n2cc(-c3ccccc3)nn2)C1. The van der Waals surface area contributed by atoms with Crippen LogP contribution in [0, 0.1) is 0 Å². The number of likely N-dealkylation sites (tertiary alicyclic amines) is 1. The van der Waals surface area contributed by atoms with Gasteiger partial charge in [0.25, 0.3) is 0 Å². The first-order valence-electron chi connectivity index (χ1n) is 10.2. The first kappa shape index (κ1) is 19.2. The van der Waals surface area contributed by atoms with Gasteiger partial charge in [0.1, 0.15) is 11.4 Å². The van der Waals surface area contributed by atoms with E-state index in [2.05, 4.69) is 10.3 Å². The zero-order valence-corrected chi connectivity index (χ0v) is 16.7. The molecule has 0 radical (unpaired) electrons. The van der Waals surface area contributed by atoms with Crippen molar-refractivity contribution in [3.63, 3.8) is 0 Å². The summed E-state index contributed by atoms with van der Waals surface area (Å²) in [6, 6.07) is 18.2. The summed E-state index contributed by atoms with van der Waals surface area (Å²) in [5.74, 6) is 1.06. The van der Waals surface area contributed by atoms with Gasteiger partial charge in [0.2, 0.25) is 5.91 Å². The standard InChI is InChI=1S/C23H26N4O2/c1-2-29-22-11-7-6-10-19(22)12-13-23(28)26-15-14-20(16-26)27-17-21(24-25-27)18-8-4-3-5-9-18/h3-11,17,20H,2,12-16H2,1H3/t20-/m1/s1. The highest BCUT2D eigenvalue weighted by Gasteiger charge is 2.28. The molecule has 0 bridgehead atoms. The summed E-state index contributed by atoms with van der Waals surface area (Å²) in [5.41, 5.74) is 3.00. The highest BCUT2D eigenvalue weighted by Crippen LogP contribution is 2.25. The first-order chi connectivity index (χ1) is 14.2. The Hall–Kier alpha value is -3.15. The molecule has 2 heterocycles. The Morgan fingerprint density at radius 1 is 1.14 bits per heavy atom. The lowest BCUT2D eigenvalue weighted by Crippen LogP contribution is -2.29. The van der Waals surface area contributed by atoms with E-state index in [9.17, 15) is 4.79 Å².